The normalized spacial score (nSPS) is 17.1. The number of carboxylic acids is 1. The van der Waals surface area contributed by atoms with E-state index in [4.69, 9.17) is 9.63 Å². The minimum atomic E-state index is -0.806. The van der Waals surface area contributed by atoms with Gasteiger partial charge in [0.15, 0.2) is 5.82 Å². The zero-order valence-corrected chi connectivity index (χ0v) is 10.7. The Morgan fingerprint density at radius 2 is 2.28 bits per heavy atom. The van der Waals surface area contributed by atoms with E-state index in [0.717, 1.165) is 19.3 Å². The lowest BCUT2D eigenvalue weighted by atomic mass is 10.1. The van der Waals surface area contributed by atoms with Crippen molar-refractivity contribution in [1.29, 1.82) is 0 Å². The molecule has 0 aliphatic heterocycles. The van der Waals surface area contributed by atoms with Crippen molar-refractivity contribution in [2.75, 3.05) is 0 Å². The molecule has 1 aliphatic rings. The van der Waals surface area contributed by atoms with Gasteiger partial charge in [0, 0.05) is 6.42 Å². The van der Waals surface area contributed by atoms with E-state index in [9.17, 15) is 4.79 Å². The van der Waals surface area contributed by atoms with Crippen LogP contribution in [0.1, 0.15) is 38.4 Å². The molecular weight excluding hydrogens is 234 g/mol. The first-order valence-electron chi connectivity index (χ1n) is 6.34. The number of hydrogen-bond donors (Lipinski definition) is 2. The van der Waals surface area contributed by atoms with Crippen LogP contribution in [0.25, 0.3) is 0 Å². The highest BCUT2D eigenvalue weighted by Gasteiger charge is 2.36. The Kier molecular flexibility index (Phi) is 3.96. The lowest BCUT2D eigenvalue weighted by Gasteiger charge is -2.10. The molecule has 0 aromatic carbocycles. The molecule has 1 aromatic rings. The Balaban J connectivity index is 1.85. The van der Waals surface area contributed by atoms with Crippen molar-refractivity contribution in [3.8, 4) is 0 Å². The molecule has 1 heterocycles. The van der Waals surface area contributed by atoms with Crippen LogP contribution in [0.15, 0.2) is 4.52 Å². The smallest absolute Gasteiger partial charge is 0.320 e. The first-order valence-corrected chi connectivity index (χ1v) is 6.34. The maximum Gasteiger partial charge on any atom is 0.320 e. The Hall–Kier alpha value is -1.43. The van der Waals surface area contributed by atoms with Gasteiger partial charge in [0.25, 0.3) is 0 Å². The zero-order chi connectivity index (χ0) is 13.1. The molecule has 6 nitrogen and oxygen atoms in total. The Labute approximate surface area is 106 Å². The number of carbonyl (C=O) groups is 1. The molecule has 1 atom stereocenters. The summed E-state index contributed by atoms with van der Waals surface area (Å²) in [5.74, 6) is 1.05. The van der Waals surface area contributed by atoms with Gasteiger partial charge in [-0.3, -0.25) is 10.1 Å². The molecular formula is C12H19N3O3. The number of hydrogen-bond acceptors (Lipinski definition) is 5. The highest BCUT2D eigenvalue weighted by Crippen LogP contribution is 2.32. The van der Waals surface area contributed by atoms with Crippen LogP contribution in [-0.4, -0.2) is 27.3 Å². The zero-order valence-electron chi connectivity index (χ0n) is 10.7. The molecule has 0 radical (unpaired) electrons. The predicted molar refractivity (Wildman–Crippen MR) is 63.8 cm³/mol. The third-order valence-corrected chi connectivity index (χ3v) is 2.93. The van der Waals surface area contributed by atoms with Crippen LogP contribution in [-0.2, 0) is 17.8 Å². The molecule has 1 aliphatic carbocycles. The van der Waals surface area contributed by atoms with E-state index in [-0.39, 0.29) is 5.92 Å². The van der Waals surface area contributed by atoms with Crippen molar-refractivity contribution < 1.29 is 14.4 Å². The average molecular weight is 253 g/mol. The van der Waals surface area contributed by atoms with Crippen molar-refractivity contribution in [3.05, 3.63) is 11.7 Å². The summed E-state index contributed by atoms with van der Waals surface area (Å²) in [5.41, 5.74) is 0. The van der Waals surface area contributed by atoms with Gasteiger partial charge in [-0.15, -0.1) is 0 Å². The van der Waals surface area contributed by atoms with Crippen LogP contribution in [0.2, 0.25) is 0 Å². The largest absolute Gasteiger partial charge is 0.480 e. The molecule has 1 unspecified atom stereocenters. The highest BCUT2D eigenvalue weighted by molar-refractivity contribution is 5.74. The van der Waals surface area contributed by atoms with Crippen LogP contribution in [0.4, 0.5) is 0 Å². The minimum absolute atomic E-state index is 0.251. The summed E-state index contributed by atoms with van der Waals surface area (Å²) in [7, 11) is 0. The van der Waals surface area contributed by atoms with Gasteiger partial charge in [0.1, 0.15) is 6.04 Å². The van der Waals surface area contributed by atoms with Crippen LogP contribution in [0.5, 0.6) is 0 Å². The average Bonchev–Trinajstić information content (AvgIpc) is 3.00. The van der Waals surface area contributed by atoms with Gasteiger partial charge in [0.2, 0.25) is 5.89 Å². The SMILES string of the molecule is CC(C)Cc1noc(CNC(C(=O)O)C2CC2)n1. The molecule has 0 saturated heterocycles. The van der Waals surface area contributed by atoms with Gasteiger partial charge in [-0.25, -0.2) is 0 Å². The summed E-state index contributed by atoms with van der Waals surface area (Å²) < 4.78 is 5.08. The van der Waals surface area contributed by atoms with Gasteiger partial charge >= 0.3 is 5.97 Å². The molecule has 0 amide bonds. The highest BCUT2D eigenvalue weighted by atomic mass is 16.5. The standard InChI is InChI=1S/C12H19N3O3/c1-7(2)5-9-14-10(18-15-9)6-13-11(12(16)17)8-3-4-8/h7-8,11,13H,3-6H2,1-2H3,(H,16,17). The summed E-state index contributed by atoms with van der Waals surface area (Å²) in [6, 6.07) is -0.495. The van der Waals surface area contributed by atoms with Crippen molar-refractivity contribution in [2.45, 2.75) is 45.7 Å². The summed E-state index contributed by atoms with van der Waals surface area (Å²) in [6.45, 7) is 4.49. The molecule has 1 saturated carbocycles. The number of carboxylic acid groups (broad SMARTS) is 1. The van der Waals surface area contributed by atoms with Gasteiger partial charge in [-0.2, -0.15) is 4.98 Å². The van der Waals surface area contributed by atoms with Crippen LogP contribution >= 0.6 is 0 Å². The minimum Gasteiger partial charge on any atom is -0.480 e. The number of aliphatic carboxylic acids is 1. The molecule has 2 N–H and O–H groups in total. The second-order valence-electron chi connectivity index (χ2n) is 5.24. The molecule has 18 heavy (non-hydrogen) atoms. The van der Waals surface area contributed by atoms with Crippen molar-refractivity contribution >= 4 is 5.97 Å². The predicted octanol–water partition coefficient (Wildman–Crippen LogP) is 1.22. The third kappa shape index (κ3) is 3.53. The van der Waals surface area contributed by atoms with Crippen molar-refractivity contribution in [1.82, 2.24) is 15.5 Å². The molecule has 0 spiro atoms. The van der Waals surface area contributed by atoms with Gasteiger partial charge in [-0.1, -0.05) is 19.0 Å². The summed E-state index contributed by atoms with van der Waals surface area (Å²) in [6.07, 6.45) is 2.73. The van der Waals surface area contributed by atoms with Crippen LogP contribution in [0.3, 0.4) is 0 Å². The van der Waals surface area contributed by atoms with E-state index in [2.05, 4.69) is 29.3 Å². The quantitative estimate of drug-likeness (QED) is 0.759. The maximum atomic E-state index is 11.0. The maximum absolute atomic E-state index is 11.0. The van der Waals surface area contributed by atoms with Crippen molar-refractivity contribution in [2.24, 2.45) is 11.8 Å². The number of nitrogens with zero attached hydrogens (tertiary/aromatic N) is 2. The van der Waals surface area contributed by atoms with Gasteiger partial charge in [-0.05, 0) is 24.7 Å². The fourth-order valence-corrected chi connectivity index (χ4v) is 1.89. The second-order valence-corrected chi connectivity index (χ2v) is 5.24. The molecule has 6 heteroatoms. The van der Waals surface area contributed by atoms with Gasteiger partial charge < -0.3 is 9.63 Å². The summed E-state index contributed by atoms with van der Waals surface area (Å²) in [5, 5.41) is 15.9. The second kappa shape index (κ2) is 5.48. The number of aromatic nitrogens is 2. The van der Waals surface area contributed by atoms with E-state index in [1.54, 1.807) is 0 Å². The van der Waals surface area contributed by atoms with Gasteiger partial charge in [0.05, 0.1) is 6.54 Å². The summed E-state index contributed by atoms with van der Waals surface area (Å²) in [4.78, 5) is 15.3. The van der Waals surface area contributed by atoms with E-state index in [1.807, 2.05) is 0 Å². The first kappa shape index (κ1) is 13.0. The fourth-order valence-electron chi connectivity index (χ4n) is 1.89. The molecule has 1 aromatic heterocycles. The van der Waals surface area contributed by atoms with E-state index < -0.39 is 12.0 Å². The lowest BCUT2D eigenvalue weighted by Crippen LogP contribution is -2.38. The molecule has 100 valence electrons. The topological polar surface area (TPSA) is 88.2 Å². The molecule has 1 fully saturated rings. The fraction of sp³-hybridized carbons (Fsp3) is 0.750. The van der Waals surface area contributed by atoms with E-state index in [0.29, 0.717) is 24.2 Å². The van der Waals surface area contributed by atoms with E-state index >= 15 is 0 Å². The number of rotatable bonds is 7. The monoisotopic (exact) mass is 253 g/mol. The molecule has 0 bridgehead atoms. The lowest BCUT2D eigenvalue weighted by molar-refractivity contribution is -0.140. The van der Waals surface area contributed by atoms with E-state index in [1.165, 1.54) is 0 Å². The van der Waals surface area contributed by atoms with Crippen LogP contribution < -0.4 is 5.32 Å². The Morgan fingerprint density at radius 1 is 1.56 bits per heavy atom. The Morgan fingerprint density at radius 3 is 2.83 bits per heavy atom. The summed E-state index contributed by atoms with van der Waals surface area (Å²) >= 11 is 0. The third-order valence-electron chi connectivity index (χ3n) is 2.93. The first-order chi connectivity index (χ1) is 8.56. The Bertz CT molecular complexity index is 412. The van der Waals surface area contributed by atoms with Crippen LogP contribution in [0, 0.1) is 11.8 Å². The molecule has 2 rings (SSSR count). The number of nitrogens with one attached hydrogen (secondary N) is 1. The van der Waals surface area contributed by atoms with Crippen molar-refractivity contribution in [3.63, 3.8) is 0 Å².